The van der Waals surface area contributed by atoms with Crippen molar-refractivity contribution in [3.8, 4) is 0 Å². The molecule has 2 unspecified atom stereocenters. The van der Waals surface area contributed by atoms with E-state index in [1.54, 1.807) is 18.0 Å². The zero-order valence-corrected chi connectivity index (χ0v) is 11.6. The van der Waals surface area contributed by atoms with Crippen LogP contribution >= 0.6 is 24.2 Å². The lowest BCUT2D eigenvalue weighted by atomic mass is 9.91. The highest BCUT2D eigenvalue weighted by atomic mass is 35.5. The van der Waals surface area contributed by atoms with E-state index < -0.39 is 0 Å². The normalized spacial score (nSPS) is 23.9. The van der Waals surface area contributed by atoms with Gasteiger partial charge in [0.25, 0.3) is 0 Å². The van der Waals surface area contributed by atoms with Crippen LogP contribution in [-0.2, 0) is 0 Å². The Morgan fingerprint density at radius 1 is 1.41 bits per heavy atom. The van der Waals surface area contributed by atoms with E-state index in [1.165, 1.54) is 12.8 Å². The fraction of sp³-hybridized carbons (Fsp3) is 0.636. The van der Waals surface area contributed by atoms with Crippen LogP contribution in [0, 0.1) is 0 Å². The van der Waals surface area contributed by atoms with Crippen molar-refractivity contribution >= 4 is 30.0 Å². The Morgan fingerprint density at radius 3 is 2.88 bits per heavy atom. The van der Waals surface area contributed by atoms with Crippen LogP contribution in [0.5, 0.6) is 0 Å². The first kappa shape index (κ1) is 14.5. The summed E-state index contributed by atoms with van der Waals surface area (Å²) in [6, 6.07) is 2.51. The predicted molar refractivity (Wildman–Crippen MR) is 74.9 cm³/mol. The monoisotopic (exact) mass is 274 g/mol. The van der Waals surface area contributed by atoms with Crippen molar-refractivity contribution < 1.29 is 0 Å². The maximum Gasteiger partial charge on any atom is 0.189 e. The zero-order chi connectivity index (χ0) is 11.4. The Labute approximate surface area is 113 Å². The fourth-order valence-electron chi connectivity index (χ4n) is 2.05. The highest BCUT2D eigenvalue weighted by Crippen LogP contribution is 2.20. The number of nitrogens with two attached hydrogens (primary N) is 1. The van der Waals surface area contributed by atoms with Crippen molar-refractivity contribution in [2.24, 2.45) is 5.73 Å². The van der Waals surface area contributed by atoms with E-state index in [9.17, 15) is 0 Å². The molecule has 0 aliphatic heterocycles. The molecule has 6 heteroatoms. The van der Waals surface area contributed by atoms with Gasteiger partial charge in [0.05, 0.1) is 0 Å². The number of nitrogens with zero attached hydrogens (tertiary/aromatic N) is 2. The fourth-order valence-corrected chi connectivity index (χ4v) is 2.40. The third kappa shape index (κ3) is 4.01. The van der Waals surface area contributed by atoms with Crippen LogP contribution in [-0.4, -0.2) is 28.3 Å². The molecule has 4 nitrogen and oxygen atoms in total. The number of hydrogen-bond acceptors (Lipinski definition) is 5. The summed E-state index contributed by atoms with van der Waals surface area (Å²) in [7, 11) is 0. The topological polar surface area (TPSA) is 63.8 Å². The molecule has 2 rings (SSSR count). The summed E-state index contributed by atoms with van der Waals surface area (Å²) in [5, 5.41) is 4.22. The van der Waals surface area contributed by atoms with E-state index in [0.29, 0.717) is 6.04 Å². The molecule has 0 bridgehead atoms. The molecule has 1 heterocycles. The van der Waals surface area contributed by atoms with E-state index in [0.717, 1.165) is 23.8 Å². The lowest BCUT2D eigenvalue weighted by Crippen LogP contribution is -2.42. The number of thioether (sulfide) groups is 1. The lowest BCUT2D eigenvalue weighted by Gasteiger charge is -2.29. The number of anilines is 1. The third-order valence-corrected chi connectivity index (χ3v) is 3.53. The first-order chi connectivity index (χ1) is 7.79. The van der Waals surface area contributed by atoms with Gasteiger partial charge in [0.15, 0.2) is 5.16 Å². The Kier molecular flexibility index (Phi) is 6.02. The molecule has 2 atom stereocenters. The van der Waals surface area contributed by atoms with Crippen LogP contribution in [0.3, 0.4) is 0 Å². The highest BCUT2D eigenvalue weighted by Gasteiger charge is 2.21. The van der Waals surface area contributed by atoms with E-state index in [-0.39, 0.29) is 18.4 Å². The minimum Gasteiger partial charge on any atom is -0.366 e. The molecule has 0 saturated heterocycles. The van der Waals surface area contributed by atoms with Gasteiger partial charge in [-0.2, -0.15) is 0 Å². The third-order valence-electron chi connectivity index (χ3n) is 2.97. The summed E-state index contributed by atoms with van der Waals surface area (Å²) in [4.78, 5) is 8.56. The number of rotatable bonds is 3. The average Bonchev–Trinajstić information content (AvgIpc) is 2.32. The standard InChI is InChI=1S/C11H18N4S.ClH/c1-16-11-13-7-6-10(15-11)14-9-5-3-2-4-8(9)12;/h6-9H,2-5,12H2,1H3,(H,13,14,15);1H. The molecule has 3 N–H and O–H groups in total. The van der Waals surface area contributed by atoms with Crippen molar-refractivity contribution in [3.63, 3.8) is 0 Å². The van der Waals surface area contributed by atoms with Gasteiger partial charge in [-0.05, 0) is 25.2 Å². The van der Waals surface area contributed by atoms with Crippen LogP contribution in [0.1, 0.15) is 25.7 Å². The SMILES string of the molecule is CSc1nccc(NC2CCCCC2N)n1.Cl. The van der Waals surface area contributed by atoms with Crippen molar-refractivity contribution in [1.29, 1.82) is 0 Å². The van der Waals surface area contributed by atoms with Crippen molar-refractivity contribution in [2.75, 3.05) is 11.6 Å². The average molecular weight is 275 g/mol. The summed E-state index contributed by atoms with van der Waals surface area (Å²) < 4.78 is 0. The van der Waals surface area contributed by atoms with Crippen LogP contribution in [0.25, 0.3) is 0 Å². The van der Waals surface area contributed by atoms with Gasteiger partial charge in [0.1, 0.15) is 5.82 Å². The Balaban J connectivity index is 0.00000144. The number of nitrogens with one attached hydrogen (secondary N) is 1. The lowest BCUT2D eigenvalue weighted by molar-refractivity contribution is 0.403. The maximum atomic E-state index is 6.09. The van der Waals surface area contributed by atoms with Crippen LogP contribution in [0.15, 0.2) is 17.4 Å². The summed E-state index contributed by atoms with van der Waals surface area (Å²) in [6.45, 7) is 0. The minimum absolute atomic E-state index is 0. The van der Waals surface area contributed by atoms with Gasteiger partial charge in [0.2, 0.25) is 0 Å². The number of hydrogen-bond donors (Lipinski definition) is 2. The van der Waals surface area contributed by atoms with Crippen LogP contribution in [0.4, 0.5) is 5.82 Å². The second kappa shape index (κ2) is 7.03. The van der Waals surface area contributed by atoms with Crippen LogP contribution < -0.4 is 11.1 Å². The molecule has 1 aromatic rings. The van der Waals surface area contributed by atoms with Gasteiger partial charge in [-0.1, -0.05) is 24.6 Å². The van der Waals surface area contributed by atoms with Crippen molar-refractivity contribution in [1.82, 2.24) is 9.97 Å². The van der Waals surface area contributed by atoms with E-state index in [4.69, 9.17) is 5.73 Å². The molecule has 1 saturated carbocycles. The van der Waals surface area contributed by atoms with Crippen molar-refractivity contribution in [3.05, 3.63) is 12.3 Å². The number of halogens is 1. The van der Waals surface area contributed by atoms with Gasteiger partial charge < -0.3 is 11.1 Å². The van der Waals surface area contributed by atoms with Gasteiger partial charge in [0, 0.05) is 18.3 Å². The first-order valence-electron chi connectivity index (χ1n) is 5.69. The predicted octanol–water partition coefficient (Wildman–Crippen LogP) is 2.30. The zero-order valence-electron chi connectivity index (χ0n) is 9.93. The summed E-state index contributed by atoms with van der Waals surface area (Å²) >= 11 is 1.55. The molecule has 1 aliphatic carbocycles. The smallest absolute Gasteiger partial charge is 0.189 e. The van der Waals surface area contributed by atoms with Crippen LogP contribution in [0.2, 0.25) is 0 Å². The first-order valence-corrected chi connectivity index (χ1v) is 6.91. The Morgan fingerprint density at radius 2 is 2.18 bits per heavy atom. The Bertz CT molecular complexity index is 350. The molecule has 0 aromatic carbocycles. The van der Waals surface area contributed by atoms with E-state index in [2.05, 4.69) is 15.3 Å². The van der Waals surface area contributed by atoms with Gasteiger partial charge in [-0.15, -0.1) is 12.4 Å². The second-order valence-electron chi connectivity index (χ2n) is 4.13. The van der Waals surface area contributed by atoms with Gasteiger partial charge >= 0.3 is 0 Å². The Hall–Kier alpha value is -0.520. The summed E-state index contributed by atoms with van der Waals surface area (Å²) in [5.74, 6) is 0.890. The molecule has 1 aromatic heterocycles. The molecular formula is C11H19ClN4S. The highest BCUT2D eigenvalue weighted by molar-refractivity contribution is 7.98. The number of aromatic nitrogens is 2. The molecule has 0 amide bonds. The molecule has 1 fully saturated rings. The van der Waals surface area contributed by atoms with Gasteiger partial charge in [-0.25, -0.2) is 9.97 Å². The molecule has 96 valence electrons. The largest absolute Gasteiger partial charge is 0.366 e. The maximum absolute atomic E-state index is 6.09. The second-order valence-corrected chi connectivity index (χ2v) is 4.90. The molecule has 17 heavy (non-hydrogen) atoms. The van der Waals surface area contributed by atoms with E-state index >= 15 is 0 Å². The quantitative estimate of drug-likeness (QED) is 0.654. The summed E-state index contributed by atoms with van der Waals surface area (Å²) in [5.41, 5.74) is 6.09. The minimum atomic E-state index is 0. The molecule has 1 aliphatic rings. The van der Waals surface area contributed by atoms with Gasteiger partial charge in [-0.3, -0.25) is 0 Å². The van der Waals surface area contributed by atoms with Crippen molar-refractivity contribution in [2.45, 2.75) is 42.9 Å². The summed E-state index contributed by atoms with van der Waals surface area (Å²) in [6.07, 6.45) is 8.52. The molecule has 0 spiro atoms. The molecular weight excluding hydrogens is 256 g/mol. The molecule has 0 radical (unpaired) electrons. The van der Waals surface area contributed by atoms with E-state index in [1.807, 2.05) is 12.3 Å².